The Morgan fingerprint density at radius 3 is 2.78 bits per heavy atom. The number of carboxylic acid groups (broad SMARTS) is 1. The first-order valence-corrected chi connectivity index (χ1v) is 10.5. The highest BCUT2D eigenvalue weighted by molar-refractivity contribution is 6.07. The van der Waals surface area contributed by atoms with Crippen LogP contribution in [-0.4, -0.2) is 48.3 Å². The van der Waals surface area contributed by atoms with Gasteiger partial charge in [0.1, 0.15) is 29.7 Å². The van der Waals surface area contributed by atoms with Crippen molar-refractivity contribution in [3.63, 3.8) is 0 Å². The summed E-state index contributed by atoms with van der Waals surface area (Å²) in [6, 6.07) is 8.43. The van der Waals surface area contributed by atoms with Crippen LogP contribution >= 0.6 is 0 Å². The predicted octanol–water partition coefficient (Wildman–Crippen LogP) is 3.02. The zero-order chi connectivity index (χ0) is 22.4. The van der Waals surface area contributed by atoms with Gasteiger partial charge in [-0.1, -0.05) is 0 Å². The van der Waals surface area contributed by atoms with Crippen LogP contribution in [0.25, 0.3) is 22.2 Å². The average Bonchev–Trinajstić information content (AvgIpc) is 3.57. The molecular formula is C23H24N4O5. The van der Waals surface area contributed by atoms with E-state index in [0.717, 1.165) is 40.8 Å². The smallest absolute Gasteiger partial charge is 0.339 e. The summed E-state index contributed by atoms with van der Waals surface area (Å²) in [6.07, 6.45) is 1.96. The summed E-state index contributed by atoms with van der Waals surface area (Å²) in [5.41, 5.74) is 9.53. The molecule has 0 spiro atoms. The van der Waals surface area contributed by atoms with Gasteiger partial charge in [0, 0.05) is 23.9 Å². The van der Waals surface area contributed by atoms with E-state index < -0.39 is 12.0 Å². The summed E-state index contributed by atoms with van der Waals surface area (Å²) in [4.78, 5) is 27.0. The molecule has 1 saturated carbocycles. The third-order valence-corrected chi connectivity index (χ3v) is 5.96. The van der Waals surface area contributed by atoms with Gasteiger partial charge in [-0.2, -0.15) is 0 Å². The van der Waals surface area contributed by atoms with E-state index in [9.17, 15) is 14.7 Å². The molecule has 1 amide bonds. The summed E-state index contributed by atoms with van der Waals surface area (Å²) in [6.45, 7) is 1.06. The summed E-state index contributed by atoms with van der Waals surface area (Å²) in [5.74, 6) is -0.198. The molecule has 1 aliphatic heterocycles. The van der Waals surface area contributed by atoms with Gasteiger partial charge in [-0.25, -0.2) is 4.79 Å². The van der Waals surface area contributed by atoms with Crippen LogP contribution in [0.5, 0.6) is 11.5 Å². The van der Waals surface area contributed by atoms with E-state index >= 15 is 0 Å². The normalized spacial score (nSPS) is 15.9. The maximum atomic E-state index is 11.9. The first-order chi connectivity index (χ1) is 15.5. The topological polar surface area (TPSA) is 139 Å². The summed E-state index contributed by atoms with van der Waals surface area (Å²) < 4.78 is 11.2. The number of methoxy groups -OCH3 is 1. The second-order valence-electron chi connectivity index (χ2n) is 8.13. The lowest BCUT2D eigenvalue weighted by molar-refractivity contribution is -0.119. The van der Waals surface area contributed by atoms with E-state index in [-0.39, 0.29) is 17.4 Å². The number of nitrogens with one attached hydrogen (secondary N) is 3. The number of carboxylic acids is 1. The Morgan fingerprint density at radius 2 is 2.09 bits per heavy atom. The van der Waals surface area contributed by atoms with Crippen LogP contribution in [0, 0.1) is 5.92 Å². The molecule has 0 radical (unpaired) electrons. The molecule has 9 heteroatoms. The molecule has 5 rings (SSSR count). The summed E-state index contributed by atoms with van der Waals surface area (Å²) in [5, 5.41) is 17.1. The number of rotatable bonds is 7. The van der Waals surface area contributed by atoms with Gasteiger partial charge < -0.3 is 35.9 Å². The lowest BCUT2D eigenvalue weighted by Gasteiger charge is -2.17. The van der Waals surface area contributed by atoms with E-state index in [2.05, 4.69) is 15.6 Å². The van der Waals surface area contributed by atoms with E-state index in [1.807, 2.05) is 18.2 Å². The Labute approximate surface area is 183 Å². The zero-order valence-electron chi connectivity index (χ0n) is 17.5. The monoisotopic (exact) mass is 436 g/mol. The molecule has 32 heavy (non-hydrogen) atoms. The molecule has 6 N–H and O–H groups in total. The molecule has 166 valence electrons. The van der Waals surface area contributed by atoms with Crippen molar-refractivity contribution in [1.29, 1.82) is 0 Å². The molecule has 0 saturated heterocycles. The van der Waals surface area contributed by atoms with Gasteiger partial charge in [-0.15, -0.1) is 0 Å². The Kier molecular flexibility index (Phi) is 4.80. The maximum Gasteiger partial charge on any atom is 0.339 e. The van der Waals surface area contributed by atoms with Crippen molar-refractivity contribution in [2.45, 2.75) is 18.9 Å². The number of carbonyl (C=O) groups excluding carboxylic acids is 1. The van der Waals surface area contributed by atoms with Gasteiger partial charge >= 0.3 is 5.97 Å². The largest absolute Gasteiger partial charge is 0.496 e. The van der Waals surface area contributed by atoms with E-state index in [0.29, 0.717) is 30.2 Å². The predicted molar refractivity (Wildman–Crippen MR) is 121 cm³/mol. The van der Waals surface area contributed by atoms with Crippen molar-refractivity contribution in [2.75, 3.05) is 30.9 Å². The first-order valence-electron chi connectivity index (χ1n) is 10.5. The number of nitrogens with two attached hydrogens (primary N) is 1. The van der Waals surface area contributed by atoms with Crippen LogP contribution < -0.4 is 25.8 Å². The van der Waals surface area contributed by atoms with Crippen molar-refractivity contribution in [3.8, 4) is 22.8 Å². The molecule has 2 heterocycles. The van der Waals surface area contributed by atoms with Gasteiger partial charge in [-0.3, -0.25) is 4.79 Å². The van der Waals surface area contributed by atoms with Crippen LogP contribution in [0.15, 0.2) is 30.3 Å². The fraction of sp³-hybridized carbons (Fsp3) is 0.304. The number of ether oxygens (including phenoxy) is 2. The Morgan fingerprint density at radius 1 is 1.28 bits per heavy atom. The quantitative estimate of drug-likeness (QED) is 0.384. The number of hydrogen-bond acceptors (Lipinski definition) is 6. The second-order valence-corrected chi connectivity index (χ2v) is 8.13. The number of amides is 1. The molecule has 9 nitrogen and oxygen atoms in total. The fourth-order valence-corrected chi connectivity index (χ4v) is 4.28. The minimum atomic E-state index is -1.06. The number of aromatic carboxylic acids is 1. The second kappa shape index (κ2) is 7.67. The maximum absolute atomic E-state index is 11.9. The van der Waals surface area contributed by atoms with Gasteiger partial charge in [0.05, 0.1) is 29.4 Å². The SMILES string of the molecule is COc1ccc(-c2[nH]c3cc(N[C@H](C(N)=O)C4CC4)cc4c3c2NCCO4)cc1C(=O)O. The molecule has 1 fully saturated rings. The van der Waals surface area contributed by atoms with E-state index in [1.165, 1.54) is 7.11 Å². The fourth-order valence-electron chi connectivity index (χ4n) is 4.28. The molecule has 0 bridgehead atoms. The van der Waals surface area contributed by atoms with Crippen LogP contribution in [0.1, 0.15) is 23.2 Å². The third kappa shape index (κ3) is 3.45. The molecular weight excluding hydrogens is 412 g/mol. The Balaban J connectivity index is 1.62. The van der Waals surface area contributed by atoms with Gasteiger partial charge in [-0.05, 0) is 43.0 Å². The summed E-state index contributed by atoms with van der Waals surface area (Å²) in [7, 11) is 1.44. The number of primary amides is 1. The highest BCUT2D eigenvalue weighted by Crippen LogP contribution is 2.44. The lowest BCUT2D eigenvalue weighted by atomic mass is 10.0. The van der Waals surface area contributed by atoms with E-state index in [1.54, 1.807) is 12.1 Å². The van der Waals surface area contributed by atoms with Gasteiger partial charge in [0.15, 0.2) is 0 Å². The van der Waals surface area contributed by atoms with Crippen molar-refractivity contribution < 1.29 is 24.2 Å². The number of carbonyl (C=O) groups is 2. The number of aromatic amines is 1. The lowest BCUT2D eigenvalue weighted by Crippen LogP contribution is -2.37. The molecule has 0 unspecified atom stereocenters. The zero-order valence-corrected chi connectivity index (χ0v) is 17.5. The van der Waals surface area contributed by atoms with Gasteiger partial charge in [0.25, 0.3) is 0 Å². The number of aromatic nitrogens is 1. The van der Waals surface area contributed by atoms with Crippen LogP contribution in [0.4, 0.5) is 11.4 Å². The van der Waals surface area contributed by atoms with Crippen LogP contribution in [-0.2, 0) is 4.79 Å². The number of anilines is 2. The Bertz CT molecular complexity index is 1230. The highest BCUT2D eigenvalue weighted by atomic mass is 16.5. The standard InChI is InChI=1S/C23H24N4O5/c1-31-16-5-4-12(8-14(16)23(29)30)19-21-18-15(27-19)9-13(10-17(18)32-7-6-25-21)26-20(22(24)28)11-2-3-11/h4-5,8-11,20,25-27H,2-3,6-7H2,1H3,(H2,24,28)(H,29,30)/t20-/m0/s1. The minimum Gasteiger partial charge on any atom is -0.496 e. The van der Waals surface area contributed by atoms with Crippen molar-refractivity contribution in [3.05, 3.63) is 35.9 Å². The molecule has 2 aliphatic rings. The first kappa shape index (κ1) is 20.0. The highest BCUT2D eigenvalue weighted by Gasteiger charge is 2.35. The molecule has 1 aromatic heterocycles. The molecule has 2 aromatic carbocycles. The summed E-state index contributed by atoms with van der Waals surface area (Å²) >= 11 is 0. The minimum absolute atomic E-state index is 0.0806. The van der Waals surface area contributed by atoms with Crippen LogP contribution in [0.2, 0.25) is 0 Å². The number of hydrogen-bond donors (Lipinski definition) is 5. The van der Waals surface area contributed by atoms with Crippen molar-refractivity contribution in [1.82, 2.24) is 4.98 Å². The average molecular weight is 436 g/mol. The molecule has 1 atom stereocenters. The molecule has 3 aromatic rings. The van der Waals surface area contributed by atoms with Crippen molar-refractivity contribution >= 4 is 34.2 Å². The number of benzene rings is 2. The van der Waals surface area contributed by atoms with E-state index in [4.69, 9.17) is 15.2 Å². The third-order valence-electron chi connectivity index (χ3n) is 5.96. The van der Waals surface area contributed by atoms with Crippen molar-refractivity contribution in [2.24, 2.45) is 11.7 Å². The number of H-pyrrole nitrogens is 1. The van der Waals surface area contributed by atoms with Crippen LogP contribution in [0.3, 0.4) is 0 Å². The molecule has 1 aliphatic carbocycles. The Hall–Kier alpha value is -3.88. The van der Waals surface area contributed by atoms with Gasteiger partial charge in [0.2, 0.25) is 5.91 Å².